The van der Waals surface area contributed by atoms with Crippen molar-refractivity contribution in [2.45, 2.75) is 87.8 Å². The highest BCUT2D eigenvalue weighted by Gasteiger charge is 2.37. The van der Waals surface area contributed by atoms with Crippen molar-refractivity contribution >= 4 is 49.0 Å². The first-order valence-corrected chi connectivity index (χ1v) is 15.9. The number of aryl methyl sites for hydroxylation is 1. The van der Waals surface area contributed by atoms with Crippen LogP contribution in [0.3, 0.4) is 0 Å². The molecule has 35 heavy (non-hydrogen) atoms. The number of rotatable bonds is 5. The summed E-state index contributed by atoms with van der Waals surface area (Å²) in [5.41, 5.74) is 0.765. The fraction of sp³-hybridized carbons (Fsp3) is 0.667. The van der Waals surface area contributed by atoms with Gasteiger partial charge in [-0.25, -0.2) is 8.42 Å². The predicted molar refractivity (Wildman–Crippen MR) is 144 cm³/mol. The summed E-state index contributed by atoms with van der Waals surface area (Å²) in [6, 6.07) is 5.35. The summed E-state index contributed by atoms with van der Waals surface area (Å²) in [5, 5.41) is 4.70. The van der Waals surface area contributed by atoms with Crippen molar-refractivity contribution in [3.8, 4) is 0 Å². The number of hydrogen-bond donors (Lipinski definition) is 1. The lowest BCUT2D eigenvalue weighted by molar-refractivity contribution is -0.126. The number of amides is 1. The fourth-order valence-corrected chi connectivity index (χ4v) is 10.4. The fourth-order valence-electron chi connectivity index (χ4n) is 6.67. The van der Waals surface area contributed by atoms with Crippen molar-refractivity contribution in [3.63, 3.8) is 0 Å². The van der Waals surface area contributed by atoms with E-state index in [0.29, 0.717) is 28.2 Å². The minimum Gasteiger partial charge on any atom is -0.354 e. The van der Waals surface area contributed by atoms with E-state index in [0.717, 1.165) is 60.1 Å². The SMILES string of the molecule is Cc1c(S(=O)(=O)N2CCCCC2CNC(=O)C2CCCC3CCCC(C3)C2)sc2ccc(Cl)cc12. The summed E-state index contributed by atoms with van der Waals surface area (Å²) in [6.45, 7) is 2.77. The molecular formula is C27H37ClN2O3S2. The maximum Gasteiger partial charge on any atom is 0.253 e. The third kappa shape index (κ3) is 5.43. The minimum atomic E-state index is -3.65. The van der Waals surface area contributed by atoms with Crippen LogP contribution in [0.2, 0.25) is 5.02 Å². The van der Waals surface area contributed by atoms with Crippen molar-refractivity contribution in [2.24, 2.45) is 17.8 Å². The highest BCUT2D eigenvalue weighted by molar-refractivity contribution is 7.91. The van der Waals surface area contributed by atoms with Crippen LogP contribution >= 0.6 is 22.9 Å². The molecule has 8 heteroatoms. The molecule has 1 aliphatic heterocycles. The van der Waals surface area contributed by atoms with Gasteiger partial charge in [-0.3, -0.25) is 4.79 Å². The van der Waals surface area contributed by atoms with E-state index in [1.807, 2.05) is 19.1 Å². The third-order valence-electron chi connectivity index (χ3n) is 8.53. The Balaban J connectivity index is 1.29. The van der Waals surface area contributed by atoms with E-state index in [2.05, 4.69) is 5.32 Å². The summed E-state index contributed by atoms with van der Waals surface area (Å²) >= 11 is 7.49. The smallest absolute Gasteiger partial charge is 0.253 e. The number of carbonyl (C=O) groups excluding carboxylic acids is 1. The van der Waals surface area contributed by atoms with Crippen LogP contribution in [0.4, 0.5) is 0 Å². The Morgan fingerprint density at radius 2 is 1.83 bits per heavy atom. The third-order valence-corrected chi connectivity index (χ3v) is 12.6. The second kappa shape index (κ2) is 10.7. The molecule has 192 valence electrons. The quantitative estimate of drug-likeness (QED) is 0.473. The molecule has 0 radical (unpaired) electrons. The number of hydrogen-bond acceptors (Lipinski definition) is 4. The van der Waals surface area contributed by atoms with E-state index in [1.54, 1.807) is 10.4 Å². The standard InChI is InChI=1S/C27H37ClN2O3S2/c1-18-24-16-22(28)11-12-25(24)34-27(18)35(32,33)30-13-3-2-10-23(30)17-29-26(31)21-9-5-7-19-6-4-8-20(14-19)15-21/h11-12,16,19-21,23H,2-10,13-15,17H2,1H3,(H,29,31). The van der Waals surface area contributed by atoms with Crippen molar-refractivity contribution in [3.05, 3.63) is 28.8 Å². The maximum absolute atomic E-state index is 13.8. The molecule has 2 heterocycles. The largest absolute Gasteiger partial charge is 0.354 e. The van der Waals surface area contributed by atoms with Gasteiger partial charge in [0, 0.05) is 34.8 Å². The lowest BCUT2D eigenvalue weighted by atomic mass is 9.72. The number of thiophene rings is 1. The van der Waals surface area contributed by atoms with Gasteiger partial charge in [-0.15, -0.1) is 11.3 Å². The first kappa shape index (κ1) is 25.5. The van der Waals surface area contributed by atoms with E-state index in [-0.39, 0.29) is 17.9 Å². The highest BCUT2D eigenvalue weighted by atomic mass is 35.5. The molecule has 1 N–H and O–H groups in total. The van der Waals surface area contributed by atoms with Crippen LogP contribution in [0.1, 0.15) is 76.2 Å². The minimum absolute atomic E-state index is 0.0716. The van der Waals surface area contributed by atoms with Gasteiger partial charge in [0.15, 0.2) is 0 Å². The molecule has 4 atom stereocenters. The summed E-state index contributed by atoms with van der Waals surface area (Å²) in [7, 11) is -3.65. The van der Waals surface area contributed by atoms with Crippen molar-refractivity contribution in [1.29, 1.82) is 0 Å². The van der Waals surface area contributed by atoms with Crippen LogP contribution in [-0.4, -0.2) is 37.8 Å². The topological polar surface area (TPSA) is 66.5 Å². The van der Waals surface area contributed by atoms with Crippen molar-refractivity contribution in [2.75, 3.05) is 13.1 Å². The molecule has 1 saturated heterocycles. The Morgan fingerprint density at radius 3 is 2.66 bits per heavy atom. The van der Waals surface area contributed by atoms with Crippen molar-refractivity contribution < 1.29 is 13.2 Å². The number of piperidine rings is 1. The van der Waals surface area contributed by atoms with Gasteiger partial charge in [0.05, 0.1) is 0 Å². The molecule has 2 saturated carbocycles. The second-order valence-electron chi connectivity index (χ2n) is 10.9. The van der Waals surface area contributed by atoms with E-state index in [1.165, 1.54) is 43.4 Å². The highest BCUT2D eigenvalue weighted by Crippen LogP contribution is 2.40. The molecule has 2 aromatic rings. The lowest BCUT2D eigenvalue weighted by Gasteiger charge is -2.36. The average molecular weight is 537 g/mol. The van der Waals surface area contributed by atoms with Crippen LogP contribution in [0, 0.1) is 24.7 Å². The number of carbonyl (C=O) groups is 1. The van der Waals surface area contributed by atoms with Gasteiger partial charge in [-0.05, 0) is 80.0 Å². The summed E-state index contributed by atoms with van der Waals surface area (Å²) in [4.78, 5) is 13.2. The number of halogens is 1. The monoisotopic (exact) mass is 536 g/mol. The number of nitrogens with zero attached hydrogens (tertiary/aromatic N) is 1. The zero-order valence-corrected chi connectivity index (χ0v) is 23.0. The normalized spacial score (nSPS) is 28.4. The van der Waals surface area contributed by atoms with Crippen LogP contribution in [0.15, 0.2) is 22.4 Å². The van der Waals surface area contributed by atoms with E-state index >= 15 is 0 Å². The lowest BCUT2D eigenvalue weighted by Crippen LogP contribution is -2.50. The molecule has 3 fully saturated rings. The molecule has 5 nitrogen and oxygen atoms in total. The number of benzene rings is 1. The van der Waals surface area contributed by atoms with E-state index in [4.69, 9.17) is 11.6 Å². The molecular weight excluding hydrogens is 500 g/mol. The van der Waals surface area contributed by atoms with E-state index < -0.39 is 10.0 Å². The number of nitrogens with one attached hydrogen (secondary N) is 1. The van der Waals surface area contributed by atoms with Crippen LogP contribution < -0.4 is 5.32 Å². The molecule has 4 unspecified atom stereocenters. The Morgan fingerprint density at radius 1 is 1.06 bits per heavy atom. The molecule has 5 rings (SSSR count). The Hall–Kier alpha value is -1.15. The molecule has 1 amide bonds. The molecule has 2 bridgehead atoms. The Labute approximate surface area is 218 Å². The summed E-state index contributed by atoms with van der Waals surface area (Å²) in [6.07, 6.45) is 12.2. The van der Waals surface area contributed by atoms with Crippen molar-refractivity contribution in [1.82, 2.24) is 9.62 Å². The molecule has 0 spiro atoms. The van der Waals surface area contributed by atoms with Gasteiger partial charge in [0.1, 0.15) is 4.21 Å². The Bertz CT molecular complexity index is 1180. The molecule has 2 aliphatic carbocycles. The van der Waals surface area contributed by atoms with Gasteiger partial charge in [-0.2, -0.15) is 4.31 Å². The first-order chi connectivity index (χ1) is 16.8. The van der Waals surface area contributed by atoms with Gasteiger partial charge in [0.25, 0.3) is 10.0 Å². The second-order valence-corrected chi connectivity index (χ2v) is 14.5. The summed E-state index contributed by atoms with van der Waals surface area (Å²) in [5.74, 6) is 1.75. The molecule has 1 aromatic carbocycles. The molecule has 3 aliphatic rings. The number of fused-ring (bicyclic) bond motifs is 3. The maximum atomic E-state index is 13.8. The zero-order valence-electron chi connectivity index (χ0n) is 20.6. The van der Waals surface area contributed by atoms with Crippen LogP contribution in [-0.2, 0) is 14.8 Å². The molecule has 1 aromatic heterocycles. The first-order valence-electron chi connectivity index (χ1n) is 13.3. The zero-order chi connectivity index (χ0) is 24.6. The van der Waals surface area contributed by atoms with Gasteiger partial charge in [0.2, 0.25) is 5.91 Å². The average Bonchev–Trinajstić information content (AvgIpc) is 3.18. The van der Waals surface area contributed by atoms with E-state index in [9.17, 15) is 13.2 Å². The van der Waals surface area contributed by atoms with Gasteiger partial charge in [-0.1, -0.05) is 50.1 Å². The van der Waals surface area contributed by atoms with Gasteiger partial charge >= 0.3 is 0 Å². The van der Waals surface area contributed by atoms with Crippen LogP contribution in [0.5, 0.6) is 0 Å². The van der Waals surface area contributed by atoms with Crippen LogP contribution in [0.25, 0.3) is 10.1 Å². The predicted octanol–water partition coefficient (Wildman–Crippen LogP) is 6.52. The Kier molecular flexibility index (Phi) is 7.78. The summed E-state index contributed by atoms with van der Waals surface area (Å²) < 4.78 is 30.6. The van der Waals surface area contributed by atoms with Gasteiger partial charge < -0.3 is 5.32 Å². The number of sulfonamides is 1.